The van der Waals surface area contributed by atoms with Crippen LogP contribution in [0.5, 0.6) is 0 Å². The highest BCUT2D eigenvalue weighted by Crippen LogP contribution is 2.16. The maximum Gasteiger partial charge on any atom is 0.136 e. The van der Waals surface area contributed by atoms with Crippen molar-refractivity contribution in [2.75, 3.05) is 13.1 Å². The molecule has 0 radical (unpaired) electrons. The molecule has 2 heteroatoms. The molecule has 0 bridgehead atoms. The van der Waals surface area contributed by atoms with Crippen LogP contribution in [0.2, 0.25) is 0 Å². The lowest BCUT2D eigenvalue weighted by atomic mass is 9.93. The monoisotopic (exact) mass is 169 g/mol. The van der Waals surface area contributed by atoms with E-state index in [9.17, 15) is 4.79 Å². The van der Waals surface area contributed by atoms with Crippen LogP contribution in [-0.4, -0.2) is 18.9 Å². The first-order chi connectivity index (χ1) is 5.74. The first-order valence-corrected chi connectivity index (χ1v) is 4.97. The van der Waals surface area contributed by atoms with Crippen LogP contribution in [0.3, 0.4) is 0 Å². The van der Waals surface area contributed by atoms with Crippen molar-refractivity contribution in [3.8, 4) is 0 Å². The van der Waals surface area contributed by atoms with Crippen LogP contribution in [0.1, 0.15) is 33.1 Å². The number of carbonyl (C=O) groups is 1. The molecule has 2 nitrogen and oxygen atoms in total. The molecule has 0 aromatic rings. The van der Waals surface area contributed by atoms with Gasteiger partial charge in [-0.1, -0.05) is 13.8 Å². The van der Waals surface area contributed by atoms with Gasteiger partial charge in [0.1, 0.15) is 5.78 Å². The number of carbonyl (C=O) groups excluding carboxylic acids is 1. The van der Waals surface area contributed by atoms with Crippen LogP contribution >= 0.6 is 0 Å². The smallest absolute Gasteiger partial charge is 0.136 e. The summed E-state index contributed by atoms with van der Waals surface area (Å²) in [7, 11) is 0. The van der Waals surface area contributed by atoms with Gasteiger partial charge in [0.05, 0.1) is 0 Å². The molecule has 0 amide bonds. The predicted molar refractivity (Wildman–Crippen MR) is 50.1 cm³/mol. The zero-order valence-corrected chi connectivity index (χ0v) is 8.10. The van der Waals surface area contributed by atoms with Gasteiger partial charge < -0.3 is 5.32 Å². The lowest BCUT2D eigenvalue weighted by Gasteiger charge is -2.10. The average molecular weight is 169 g/mol. The van der Waals surface area contributed by atoms with E-state index in [0.29, 0.717) is 11.7 Å². The van der Waals surface area contributed by atoms with E-state index in [2.05, 4.69) is 12.2 Å². The van der Waals surface area contributed by atoms with Crippen molar-refractivity contribution in [3.63, 3.8) is 0 Å². The Labute approximate surface area is 74.7 Å². The lowest BCUT2D eigenvalue weighted by molar-refractivity contribution is -0.123. The first kappa shape index (κ1) is 9.72. The van der Waals surface area contributed by atoms with Gasteiger partial charge in [-0.2, -0.15) is 0 Å². The zero-order valence-electron chi connectivity index (χ0n) is 8.10. The Kier molecular flexibility index (Phi) is 3.73. The number of ketones is 1. The van der Waals surface area contributed by atoms with Crippen molar-refractivity contribution in [2.45, 2.75) is 33.1 Å². The third-order valence-electron chi connectivity index (χ3n) is 2.81. The first-order valence-electron chi connectivity index (χ1n) is 4.97. The summed E-state index contributed by atoms with van der Waals surface area (Å²) < 4.78 is 0. The molecule has 2 atom stereocenters. The summed E-state index contributed by atoms with van der Waals surface area (Å²) in [6, 6.07) is 0. The van der Waals surface area contributed by atoms with Crippen molar-refractivity contribution in [2.24, 2.45) is 11.8 Å². The predicted octanol–water partition coefficient (Wildman–Crippen LogP) is 1.60. The maximum absolute atomic E-state index is 11.5. The number of Topliss-reactive ketones (excluding diaryl/α,β-unsaturated/α-hetero) is 1. The van der Waals surface area contributed by atoms with Crippen LogP contribution in [0.4, 0.5) is 0 Å². The van der Waals surface area contributed by atoms with Gasteiger partial charge in [-0.15, -0.1) is 0 Å². The minimum Gasteiger partial charge on any atom is -0.316 e. The van der Waals surface area contributed by atoms with Crippen LogP contribution in [-0.2, 0) is 4.79 Å². The highest BCUT2D eigenvalue weighted by Gasteiger charge is 2.20. The molecule has 1 aliphatic rings. The van der Waals surface area contributed by atoms with Gasteiger partial charge in [-0.05, 0) is 31.8 Å². The second-order valence-electron chi connectivity index (χ2n) is 3.84. The van der Waals surface area contributed by atoms with Crippen molar-refractivity contribution in [1.29, 1.82) is 0 Å². The summed E-state index contributed by atoms with van der Waals surface area (Å²) >= 11 is 0. The minimum atomic E-state index is 0.269. The molecule has 0 aromatic heterocycles. The largest absolute Gasteiger partial charge is 0.316 e. The molecule has 1 fully saturated rings. The zero-order chi connectivity index (χ0) is 8.97. The Morgan fingerprint density at radius 3 is 2.92 bits per heavy atom. The van der Waals surface area contributed by atoms with Crippen LogP contribution in [0.15, 0.2) is 0 Å². The van der Waals surface area contributed by atoms with Crippen LogP contribution < -0.4 is 5.32 Å². The van der Waals surface area contributed by atoms with Gasteiger partial charge in [0, 0.05) is 12.3 Å². The fourth-order valence-corrected chi connectivity index (χ4v) is 1.60. The molecule has 0 saturated carbocycles. The van der Waals surface area contributed by atoms with Gasteiger partial charge in [0.15, 0.2) is 0 Å². The topological polar surface area (TPSA) is 29.1 Å². The standard InChI is InChI=1S/C10H19NO/c1-3-8(2)10(12)6-9-4-5-11-7-9/h8-9,11H,3-7H2,1-2H3. The normalized spacial score (nSPS) is 25.7. The SMILES string of the molecule is CCC(C)C(=O)CC1CCNC1. The van der Waals surface area contributed by atoms with Crippen LogP contribution in [0.25, 0.3) is 0 Å². The fourth-order valence-electron chi connectivity index (χ4n) is 1.60. The van der Waals surface area contributed by atoms with E-state index in [0.717, 1.165) is 25.9 Å². The molecule has 1 aliphatic heterocycles. The van der Waals surface area contributed by atoms with Gasteiger partial charge in [0.25, 0.3) is 0 Å². The molecule has 70 valence electrons. The van der Waals surface area contributed by atoms with E-state index in [4.69, 9.17) is 0 Å². The van der Waals surface area contributed by atoms with Crippen molar-refractivity contribution in [1.82, 2.24) is 5.32 Å². The molecular weight excluding hydrogens is 150 g/mol. The Morgan fingerprint density at radius 1 is 1.67 bits per heavy atom. The highest BCUT2D eigenvalue weighted by molar-refractivity contribution is 5.80. The average Bonchev–Trinajstić information content (AvgIpc) is 2.55. The molecule has 12 heavy (non-hydrogen) atoms. The van der Waals surface area contributed by atoms with Crippen molar-refractivity contribution < 1.29 is 4.79 Å². The minimum absolute atomic E-state index is 0.269. The van der Waals surface area contributed by atoms with E-state index in [1.54, 1.807) is 0 Å². The Balaban J connectivity index is 2.25. The Bertz CT molecular complexity index is 150. The summed E-state index contributed by atoms with van der Waals surface area (Å²) in [6.07, 6.45) is 2.96. The van der Waals surface area contributed by atoms with E-state index >= 15 is 0 Å². The Morgan fingerprint density at radius 2 is 2.42 bits per heavy atom. The van der Waals surface area contributed by atoms with Gasteiger partial charge >= 0.3 is 0 Å². The highest BCUT2D eigenvalue weighted by atomic mass is 16.1. The van der Waals surface area contributed by atoms with Crippen molar-refractivity contribution in [3.05, 3.63) is 0 Å². The number of hydrogen-bond acceptors (Lipinski definition) is 2. The summed E-state index contributed by atoms with van der Waals surface area (Å²) in [5.41, 5.74) is 0. The summed E-state index contributed by atoms with van der Waals surface area (Å²) in [6.45, 7) is 6.25. The second-order valence-corrected chi connectivity index (χ2v) is 3.84. The van der Waals surface area contributed by atoms with Gasteiger partial charge in [0.2, 0.25) is 0 Å². The molecule has 0 aliphatic carbocycles. The number of hydrogen-bond donors (Lipinski definition) is 1. The van der Waals surface area contributed by atoms with E-state index in [1.165, 1.54) is 6.42 Å². The third kappa shape index (κ3) is 2.59. The molecule has 2 unspecified atom stereocenters. The molecular formula is C10H19NO. The third-order valence-corrected chi connectivity index (χ3v) is 2.81. The molecule has 1 N–H and O–H groups in total. The molecule has 1 saturated heterocycles. The number of rotatable bonds is 4. The Hall–Kier alpha value is -0.370. The molecule has 1 heterocycles. The van der Waals surface area contributed by atoms with E-state index in [1.807, 2.05) is 6.92 Å². The van der Waals surface area contributed by atoms with E-state index < -0.39 is 0 Å². The molecule has 0 aromatic carbocycles. The summed E-state index contributed by atoms with van der Waals surface area (Å²) in [5.74, 6) is 1.34. The van der Waals surface area contributed by atoms with Gasteiger partial charge in [-0.3, -0.25) is 4.79 Å². The quantitative estimate of drug-likeness (QED) is 0.692. The maximum atomic E-state index is 11.5. The summed E-state index contributed by atoms with van der Waals surface area (Å²) in [4.78, 5) is 11.5. The lowest BCUT2D eigenvalue weighted by Crippen LogP contribution is -2.17. The second kappa shape index (κ2) is 4.61. The van der Waals surface area contributed by atoms with Crippen LogP contribution in [0, 0.1) is 11.8 Å². The van der Waals surface area contributed by atoms with E-state index in [-0.39, 0.29) is 5.92 Å². The molecule has 0 spiro atoms. The van der Waals surface area contributed by atoms with Gasteiger partial charge in [-0.25, -0.2) is 0 Å². The summed E-state index contributed by atoms with van der Waals surface area (Å²) in [5, 5.41) is 3.28. The number of nitrogens with one attached hydrogen (secondary N) is 1. The van der Waals surface area contributed by atoms with Crippen molar-refractivity contribution >= 4 is 5.78 Å². The molecule has 1 rings (SSSR count). The fraction of sp³-hybridized carbons (Fsp3) is 0.900.